The van der Waals surface area contributed by atoms with E-state index in [9.17, 15) is 0 Å². The van der Waals surface area contributed by atoms with Crippen molar-refractivity contribution in [3.8, 4) is 0 Å². The second-order valence-corrected chi connectivity index (χ2v) is 11.3. The third-order valence-corrected chi connectivity index (χ3v) is 8.02. The van der Waals surface area contributed by atoms with Crippen LogP contribution in [0.3, 0.4) is 0 Å². The van der Waals surface area contributed by atoms with Crippen molar-refractivity contribution >= 4 is 0 Å². The van der Waals surface area contributed by atoms with E-state index in [1.165, 1.54) is 78.3 Å². The molecule has 4 rings (SSSR count). The van der Waals surface area contributed by atoms with Crippen molar-refractivity contribution in [3.63, 3.8) is 0 Å². The van der Waals surface area contributed by atoms with Gasteiger partial charge in [0.25, 0.3) is 0 Å². The van der Waals surface area contributed by atoms with Crippen LogP contribution in [0.4, 0.5) is 0 Å². The van der Waals surface area contributed by atoms with Crippen LogP contribution in [0.15, 0.2) is 0 Å². The van der Waals surface area contributed by atoms with Gasteiger partial charge in [0.15, 0.2) is 0 Å². The lowest BCUT2D eigenvalue weighted by Crippen LogP contribution is -2.51. The molecule has 4 saturated heterocycles. The summed E-state index contributed by atoms with van der Waals surface area (Å²) >= 11 is 0. The number of nitrogens with zero attached hydrogens (tertiary/aromatic N) is 7. The largest absolute Gasteiger partial charge is 0.383 e. The van der Waals surface area contributed by atoms with Gasteiger partial charge in [-0.3, -0.25) is 14.6 Å². The van der Waals surface area contributed by atoms with Gasteiger partial charge in [-0.05, 0) is 68.0 Å². The molecule has 11 heteroatoms. The molecule has 4 fully saturated rings. The van der Waals surface area contributed by atoms with E-state index in [4.69, 9.17) is 14.7 Å². The van der Waals surface area contributed by atoms with Gasteiger partial charge in [0, 0.05) is 105 Å². The maximum absolute atomic E-state index is 7.84. The molecule has 248 valence electrons. The van der Waals surface area contributed by atoms with Crippen LogP contribution in [0.5, 0.6) is 0 Å². The first-order valence-electron chi connectivity index (χ1n) is 15.6. The highest BCUT2D eigenvalue weighted by molar-refractivity contribution is 4.81. The zero-order valence-corrected chi connectivity index (χ0v) is 27.2. The Morgan fingerprint density at radius 1 is 0.634 bits per heavy atom. The summed E-state index contributed by atoms with van der Waals surface area (Å²) in [6.07, 6.45) is 2.75. The van der Waals surface area contributed by atoms with Crippen LogP contribution in [0.25, 0.3) is 0 Å². The van der Waals surface area contributed by atoms with E-state index < -0.39 is 0 Å². The molecule has 4 aliphatic rings. The summed E-state index contributed by atoms with van der Waals surface area (Å²) in [7, 11) is 10.6. The number of piperidine rings is 1. The van der Waals surface area contributed by atoms with Crippen LogP contribution < -0.4 is 0 Å². The number of ether oxygens (including phenoxy) is 2. The minimum absolute atomic E-state index is 0. The summed E-state index contributed by atoms with van der Waals surface area (Å²) in [5, 5.41) is 9.89. The molecular formula is C30H69N7O4. The number of methoxy groups -OCH3 is 1. The third-order valence-electron chi connectivity index (χ3n) is 8.02. The first-order chi connectivity index (χ1) is 19.3. The molecular weight excluding hydrogens is 522 g/mol. The van der Waals surface area contributed by atoms with E-state index in [2.05, 4.69) is 62.3 Å². The SMILES string of the molecule is C.CCOCO.CCON1CCN(CCOC)CC1.CN1CCC(N2CCN(C)CC2)CC1.CN1CCN(C)CC1. The highest BCUT2D eigenvalue weighted by atomic mass is 16.7. The van der Waals surface area contributed by atoms with Crippen molar-refractivity contribution < 1.29 is 19.4 Å². The number of hydroxylamine groups is 2. The molecule has 0 aliphatic carbocycles. The Kier molecular flexibility index (Phi) is 25.7. The fourth-order valence-corrected chi connectivity index (χ4v) is 5.03. The van der Waals surface area contributed by atoms with E-state index in [-0.39, 0.29) is 14.2 Å². The van der Waals surface area contributed by atoms with Crippen molar-refractivity contribution in [1.29, 1.82) is 0 Å². The Morgan fingerprint density at radius 3 is 1.49 bits per heavy atom. The maximum atomic E-state index is 7.84. The monoisotopic (exact) mass is 592 g/mol. The second-order valence-electron chi connectivity index (χ2n) is 11.3. The molecule has 0 spiro atoms. The molecule has 0 atom stereocenters. The molecule has 1 N–H and O–H groups in total. The Hall–Kier alpha value is -0.440. The first kappa shape index (κ1) is 40.6. The predicted molar refractivity (Wildman–Crippen MR) is 172 cm³/mol. The van der Waals surface area contributed by atoms with Crippen molar-refractivity contribution in [2.75, 3.05) is 160 Å². The smallest absolute Gasteiger partial charge is 0.143 e. The number of likely N-dealkylation sites (N-methyl/N-ethyl adjacent to an activating group) is 3. The molecule has 4 aliphatic heterocycles. The molecule has 0 radical (unpaired) electrons. The van der Waals surface area contributed by atoms with Gasteiger partial charge in [-0.2, -0.15) is 5.06 Å². The standard InChI is InChI=1S/C11H23N3.C9H20N2O2.C6H14N2.C3H8O2.CH4/c1-12-5-3-11(4-6-12)14-9-7-13(2)8-10-14;1-3-13-11-6-4-10(5-7-11)8-9-12-2;1-7-3-5-8(2)6-4-7;1-2-5-3-4;/h11H,3-10H2,1-2H3;3-9H2,1-2H3;3-6H2,1-2H3;4H,2-3H2,1H3;1H4. The van der Waals surface area contributed by atoms with Crippen molar-refractivity contribution in [1.82, 2.24) is 34.5 Å². The molecule has 0 unspecified atom stereocenters. The molecule has 0 aromatic carbocycles. The summed E-state index contributed by atoms with van der Waals surface area (Å²) in [5.41, 5.74) is 0. The molecule has 0 aromatic rings. The quantitative estimate of drug-likeness (QED) is 0.411. The number of piperazine rings is 3. The highest BCUT2D eigenvalue weighted by Crippen LogP contribution is 2.16. The Labute approximate surface area is 254 Å². The summed E-state index contributed by atoms with van der Waals surface area (Å²) in [4.78, 5) is 20.1. The minimum Gasteiger partial charge on any atom is -0.383 e. The number of hydrogen-bond acceptors (Lipinski definition) is 11. The molecule has 0 aromatic heterocycles. The Balaban J connectivity index is 0.000000549. The molecule has 0 amide bonds. The van der Waals surface area contributed by atoms with Crippen molar-refractivity contribution in [3.05, 3.63) is 0 Å². The average Bonchev–Trinajstić information content (AvgIpc) is 2.97. The number of aliphatic hydroxyl groups is 1. The summed E-state index contributed by atoms with van der Waals surface area (Å²) in [5.74, 6) is 0. The number of rotatable bonds is 8. The summed E-state index contributed by atoms with van der Waals surface area (Å²) in [6.45, 7) is 23.7. The lowest BCUT2D eigenvalue weighted by atomic mass is 10.0. The van der Waals surface area contributed by atoms with Gasteiger partial charge in [-0.1, -0.05) is 7.43 Å². The maximum Gasteiger partial charge on any atom is 0.143 e. The lowest BCUT2D eigenvalue weighted by molar-refractivity contribution is -0.173. The fourth-order valence-electron chi connectivity index (χ4n) is 5.03. The molecule has 0 saturated carbocycles. The van der Waals surface area contributed by atoms with Gasteiger partial charge in [0.05, 0.1) is 13.2 Å². The third kappa shape index (κ3) is 20.2. The van der Waals surface area contributed by atoms with Crippen LogP contribution in [-0.2, 0) is 14.3 Å². The van der Waals surface area contributed by atoms with Crippen LogP contribution in [0, 0.1) is 0 Å². The topological polar surface area (TPSA) is 70.6 Å². The van der Waals surface area contributed by atoms with Crippen LogP contribution in [-0.4, -0.2) is 206 Å². The van der Waals surface area contributed by atoms with Gasteiger partial charge >= 0.3 is 0 Å². The van der Waals surface area contributed by atoms with Crippen LogP contribution in [0.2, 0.25) is 0 Å². The van der Waals surface area contributed by atoms with Gasteiger partial charge in [0.2, 0.25) is 0 Å². The van der Waals surface area contributed by atoms with Crippen LogP contribution in [0.1, 0.15) is 34.1 Å². The highest BCUT2D eigenvalue weighted by Gasteiger charge is 2.25. The van der Waals surface area contributed by atoms with E-state index in [0.29, 0.717) is 6.61 Å². The van der Waals surface area contributed by atoms with Crippen molar-refractivity contribution in [2.45, 2.75) is 40.2 Å². The predicted octanol–water partition coefficient (Wildman–Crippen LogP) is 1.00. The van der Waals surface area contributed by atoms with Crippen LogP contribution >= 0.6 is 0 Å². The number of hydrogen-bond donors (Lipinski definition) is 1. The van der Waals surface area contributed by atoms with E-state index in [0.717, 1.165) is 52.0 Å². The second kappa shape index (κ2) is 26.0. The molecule has 4 heterocycles. The molecule has 41 heavy (non-hydrogen) atoms. The number of likely N-dealkylation sites (tertiary alicyclic amines) is 1. The van der Waals surface area contributed by atoms with E-state index in [1.807, 2.05) is 18.9 Å². The summed E-state index contributed by atoms with van der Waals surface area (Å²) < 4.78 is 9.42. The zero-order valence-electron chi connectivity index (χ0n) is 27.2. The van der Waals surface area contributed by atoms with Gasteiger partial charge < -0.3 is 34.2 Å². The van der Waals surface area contributed by atoms with Gasteiger partial charge in [-0.15, -0.1) is 0 Å². The fraction of sp³-hybridized carbons (Fsp3) is 1.00. The lowest BCUT2D eigenvalue weighted by Gasteiger charge is -2.41. The Bertz CT molecular complexity index is 517. The Morgan fingerprint density at radius 2 is 1.10 bits per heavy atom. The normalized spacial score (nSPS) is 22.8. The first-order valence-corrected chi connectivity index (χ1v) is 15.6. The summed E-state index contributed by atoms with van der Waals surface area (Å²) in [6, 6.07) is 0.875. The van der Waals surface area contributed by atoms with E-state index in [1.54, 1.807) is 7.11 Å². The minimum atomic E-state index is -0.156. The zero-order chi connectivity index (χ0) is 29.6. The molecule has 11 nitrogen and oxygen atoms in total. The van der Waals surface area contributed by atoms with Gasteiger partial charge in [-0.25, -0.2) is 0 Å². The number of aliphatic hydroxyl groups excluding tert-OH is 1. The van der Waals surface area contributed by atoms with Crippen molar-refractivity contribution in [2.24, 2.45) is 0 Å². The van der Waals surface area contributed by atoms with E-state index >= 15 is 0 Å². The molecule has 0 bridgehead atoms. The van der Waals surface area contributed by atoms with Gasteiger partial charge in [0.1, 0.15) is 6.79 Å². The average molecular weight is 592 g/mol.